The van der Waals surface area contributed by atoms with Crippen molar-refractivity contribution in [1.82, 2.24) is 9.97 Å². The van der Waals surface area contributed by atoms with E-state index < -0.39 is 0 Å². The van der Waals surface area contributed by atoms with Crippen LogP contribution in [0.3, 0.4) is 0 Å². The van der Waals surface area contributed by atoms with Gasteiger partial charge in [0, 0.05) is 5.56 Å². The number of anilines is 1. The van der Waals surface area contributed by atoms with E-state index in [0.717, 1.165) is 22.8 Å². The molecule has 0 amide bonds. The standard InChI is InChI=1S/C15H19N3/c1-9(2)12-5-7-13(8-6-12)15-14(16)10(3)17-11(4)18-15/h5-9H,16H2,1-4H3. The van der Waals surface area contributed by atoms with Gasteiger partial charge < -0.3 is 5.73 Å². The molecule has 2 rings (SSSR count). The molecule has 0 saturated carbocycles. The van der Waals surface area contributed by atoms with Gasteiger partial charge in [0.1, 0.15) is 5.82 Å². The van der Waals surface area contributed by atoms with Crippen LogP contribution in [0.15, 0.2) is 24.3 Å². The molecule has 0 radical (unpaired) electrons. The van der Waals surface area contributed by atoms with Crippen molar-refractivity contribution in [2.24, 2.45) is 0 Å². The number of aromatic nitrogens is 2. The van der Waals surface area contributed by atoms with Gasteiger partial charge in [-0.25, -0.2) is 9.97 Å². The Balaban J connectivity index is 2.49. The summed E-state index contributed by atoms with van der Waals surface area (Å²) in [4.78, 5) is 8.71. The van der Waals surface area contributed by atoms with Crippen molar-refractivity contribution >= 4 is 5.69 Å². The average Bonchev–Trinajstić information content (AvgIpc) is 2.34. The van der Waals surface area contributed by atoms with Gasteiger partial charge in [0.05, 0.1) is 17.1 Å². The monoisotopic (exact) mass is 241 g/mol. The lowest BCUT2D eigenvalue weighted by Crippen LogP contribution is -2.02. The highest BCUT2D eigenvalue weighted by Gasteiger charge is 2.09. The van der Waals surface area contributed by atoms with E-state index in [-0.39, 0.29) is 0 Å². The topological polar surface area (TPSA) is 51.8 Å². The second-order valence-electron chi connectivity index (χ2n) is 4.90. The summed E-state index contributed by atoms with van der Waals surface area (Å²) in [5, 5.41) is 0. The zero-order valence-corrected chi connectivity index (χ0v) is 11.4. The van der Waals surface area contributed by atoms with Crippen LogP contribution in [0, 0.1) is 13.8 Å². The predicted octanol–water partition coefficient (Wildman–Crippen LogP) is 3.47. The highest BCUT2D eigenvalue weighted by Crippen LogP contribution is 2.27. The molecule has 0 saturated heterocycles. The highest BCUT2D eigenvalue weighted by atomic mass is 14.9. The minimum atomic E-state index is 0.533. The van der Waals surface area contributed by atoms with Gasteiger partial charge in [0.2, 0.25) is 0 Å². The van der Waals surface area contributed by atoms with Crippen molar-refractivity contribution in [2.45, 2.75) is 33.6 Å². The number of rotatable bonds is 2. The minimum Gasteiger partial charge on any atom is -0.395 e. The smallest absolute Gasteiger partial charge is 0.126 e. The first kappa shape index (κ1) is 12.6. The third kappa shape index (κ3) is 2.35. The lowest BCUT2D eigenvalue weighted by atomic mass is 10.00. The number of nitrogens with zero attached hydrogens (tertiary/aromatic N) is 2. The molecule has 3 heteroatoms. The zero-order chi connectivity index (χ0) is 13.3. The molecule has 0 fully saturated rings. The Morgan fingerprint density at radius 3 is 2.17 bits per heavy atom. The summed E-state index contributed by atoms with van der Waals surface area (Å²) in [5.74, 6) is 1.29. The summed E-state index contributed by atoms with van der Waals surface area (Å²) in [6, 6.07) is 8.41. The van der Waals surface area contributed by atoms with Crippen LogP contribution in [-0.2, 0) is 0 Å². The lowest BCUT2D eigenvalue weighted by molar-refractivity contribution is 0.867. The molecule has 94 valence electrons. The van der Waals surface area contributed by atoms with Gasteiger partial charge in [-0.2, -0.15) is 0 Å². The molecule has 1 aromatic heterocycles. The van der Waals surface area contributed by atoms with Crippen LogP contribution in [0.5, 0.6) is 0 Å². The molecule has 0 bridgehead atoms. The third-order valence-corrected chi connectivity index (χ3v) is 3.10. The molecule has 0 aliphatic carbocycles. The summed E-state index contributed by atoms with van der Waals surface area (Å²) in [6.45, 7) is 8.17. The molecule has 3 nitrogen and oxygen atoms in total. The number of nitrogens with two attached hydrogens (primary N) is 1. The first-order valence-electron chi connectivity index (χ1n) is 6.20. The molecule has 0 unspecified atom stereocenters. The van der Waals surface area contributed by atoms with Gasteiger partial charge in [-0.1, -0.05) is 38.1 Å². The number of benzene rings is 1. The molecule has 1 heterocycles. The first-order valence-corrected chi connectivity index (χ1v) is 6.20. The van der Waals surface area contributed by atoms with E-state index in [0.29, 0.717) is 11.6 Å². The van der Waals surface area contributed by atoms with Crippen LogP contribution in [0.1, 0.15) is 36.8 Å². The molecule has 1 aromatic carbocycles. The Labute approximate surface area is 108 Å². The maximum atomic E-state index is 6.06. The van der Waals surface area contributed by atoms with Crippen molar-refractivity contribution in [3.05, 3.63) is 41.3 Å². The van der Waals surface area contributed by atoms with Crippen molar-refractivity contribution in [3.8, 4) is 11.3 Å². The van der Waals surface area contributed by atoms with Gasteiger partial charge in [-0.15, -0.1) is 0 Å². The van der Waals surface area contributed by atoms with Crippen LogP contribution >= 0.6 is 0 Å². The highest BCUT2D eigenvalue weighted by molar-refractivity contribution is 5.73. The Bertz CT molecular complexity index is 557. The fourth-order valence-electron chi connectivity index (χ4n) is 1.97. The van der Waals surface area contributed by atoms with Crippen molar-refractivity contribution < 1.29 is 0 Å². The van der Waals surface area contributed by atoms with E-state index in [4.69, 9.17) is 5.73 Å². The minimum absolute atomic E-state index is 0.533. The SMILES string of the molecule is Cc1nc(C)c(N)c(-c2ccc(C(C)C)cc2)n1. The van der Waals surface area contributed by atoms with E-state index in [2.05, 4.69) is 48.1 Å². The summed E-state index contributed by atoms with van der Waals surface area (Å²) >= 11 is 0. The molecule has 2 N–H and O–H groups in total. The van der Waals surface area contributed by atoms with Gasteiger partial charge in [-0.3, -0.25) is 0 Å². The summed E-state index contributed by atoms with van der Waals surface area (Å²) in [6.07, 6.45) is 0. The quantitative estimate of drug-likeness (QED) is 0.876. The molecule has 18 heavy (non-hydrogen) atoms. The fourth-order valence-corrected chi connectivity index (χ4v) is 1.97. The Morgan fingerprint density at radius 2 is 1.61 bits per heavy atom. The molecule has 0 aliphatic rings. The maximum Gasteiger partial charge on any atom is 0.126 e. The molecule has 0 atom stereocenters. The zero-order valence-electron chi connectivity index (χ0n) is 11.4. The Kier molecular flexibility index (Phi) is 3.32. The van der Waals surface area contributed by atoms with Crippen LogP contribution in [0.4, 0.5) is 5.69 Å². The van der Waals surface area contributed by atoms with Crippen LogP contribution < -0.4 is 5.73 Å². The second-order valence-corrected chi connectivity index (χ2v) is 4.90. The van der Waals surface area contributed by atoms with Gasteiger partial charge in [0.25, 0.3) is 0 Å². The van der Waals surface area contributed by atoms with Crippen LogP contribution in [0.2, 0.25) is 0 Å². The van der Waals surface area contributed by atoms with Crippen LogP contribution in [0.25, 0.3) is 11.3 Å². The summed E-state index contributed by atoms with van der Waals surface area (Å²) in [5.41, 5.74) is 10.8. The van der Waals surface area contributed by atoms with E-state index in [1.807, 2.05) is 13.8 Å². The predicted molar refractivity (Wildman–Crippen MR) is 75.4 cm³/mol. The molecular formula is C15H19N3. The molecule has 2 aromatic rings. The first-order chi connectivity index (χ1) is 8.49. The van der Waals surface area contributed by atoms with E-state index in [9.17, 15) is 0 Å². The summed E-state index contributed by atoms with van der Waals surface area (Å²) in [7, 11) is 0. The number of aryl methyl sites for hydroxylation is 2. The summed E-state index contributed by atoms with van der Waals surface area (Å²) < 4.78 is 0. The van der Waals surface area contributed by atoms with Gasteiger partial charge >= 0.3 is 0 Å². The fraction of sp³-hybridized carbons (Fsp3) is 0.333. The molecular weight excluding hydrogens is 222 g/mol. The molecule has 0 aliphatic heterocycles. The van der Waals surface area contributed by atoms with Crippen molar-refractivity contribution in [1.29, 1.82) is 0 Å². The Hall–Kier alpha value is -1.90. The largest absolute Gasteiger partial charge is 0.395 e. The average molecular weight is 241 g/mol. The normalized spacial score (nSPS) is 10.9. The number of hydrogen-bond acceptors (Lipinski definition) is 3. The van der Waals surface area contributed by atoms with E-state index in [1.165, 1.54) is 5.56 Å². The second kappa shape index (κ2) is 4.77. The van der Waals surface area contributed by atoms with Crippen molar-refractivity contribution in [3.63, 3.8) is 0 Å². The van der Waals surface area contributed by atoms with E-state index in [1.54, 1.807) is 0 Å². The van der Waals surface area contributed by atoms with Gasteiger partial charge in [0.15, 0.2) is 0 Å². The third-order valence-electron chi connectivity index (χ3n) is 3.10. The Morgan fingerprint density at radius 1 is 1.00 bits per heavy atom. The van der Waals surface area contributed by atoms with Crippen molar-refractivity contribution in [2.75, 3.05) is 5.73 Å². The van der Waals surface area contributed by atoms with Crippen LogP contribution in [-0.4, -0.2) is 9.97 Å². The lowest BCUT2D eigenvalue weighted by Gasteiger charge is -2.10. The molecule has 0 spiro atoms. The van der Waals surface area contributed by atoms with E-state index >= 15 is 0 Å². The number of hydrogen-bond donors (Lipinski definition) is 1. The van der Waals surface area contributed by atoms with Gasteiger partial charge in [-0.05, 0) is 25.3 Å². The number of nitrogen functional groups attached to an aromatic ring is 1. The maximum absolute atomic E-state index is 6.06.